The van der Waals surface area contributed by atoms with Crippen LogP contribution in [0.1, 0.15) is 33.2 Å². The van der Waals surface area contributed by atoms with Crippen molar-refractivity contribution in [3.63, 3.8) is 0 Å². The quantitative estimate of drug-likeness (QED) is 0.684. The van der Waals surface area contributed by atoms with Gasteiger partial charge in [-0.15, -0.1) is 0 Å². The highest BCUT2D eigenvalue weighted by molar-refractivity contribution is 6.03. The van der Waals surface area contributed by atoms with E-state index in [2.05, 4.69) is 0 Å². The molecule has 1 rings (SSSR count). The van der Waals surface area contributed by atoms with Crippen molar-refractivity contribution < 1.29 is 28.5 Å². The molecule has 0 atom stereocenters. The van der Waals surface area contributed by atoms with Crippen molar-refractivity contribution in [2.45, 2.75) is 20.0 Å². The van der Waals surface area contributed by atoms with Gasteiger partial charge in [0.25, 0.3) is 0 Å². The first kappa shape index (κ1) is 18.1. The van der Waals surface area contributed by atoms with Crippen LogP contribution in [0.5, 0.6) is 0 Å². The fourth-order valence-corrected chi connectivity index (χ4v) is 1.92. The van der Waals surface area contributed by atoms with Crippen LogP contribution in [-0.2, 0) is 18.9 Å². The summed E-state index contributed by atoms with van der Waals surface area (Å²) in [6.45, 7) is 4.19. The minimum Gasteiger partial charge on any atom is -0.462 e. The van der Waals surface area contributed by atoms with Crippen molar-refractivity contribution >= 4 is 11.9 Å². The van der Waals surface area contributed by atoms with Crippen molar-refractivity contribution in [3.8, 4) is 0 Å². The Kier molecular flexibility index (Phi) is 7.56. The number of hydrogen-bond acceptors (Lipinski definition) is 6. The van der Waals surface area contributed by atoms with Crippen molar-refractivity contribution in [1.82, 2.24) is 0 Å². The molecule has 0 fully saturated rings. The zero-order valence-electron chi connectivity index (χ0n) is 13.4. The second kappa shape index (κ2) is 9.17. The number of aryl methyl sites for hydroxylation is 1. The van der Waals surface area contributed by atoms with Gasteiger partial charge in [-0.2, -0.15) is 0 Å². The largest absolute Gasteiger partial charge is 0.462 e. The van der Waals surface area contributed by atoms with E-state index in [4.69, 9.17) is 18.9 Å². The van der Waals surface area contributed by atoms with Crippen LogP contribution in [0.2, 0.25) is 0 Å². The molecule has 6 heteroatoms. The van der Waals surface area contributed by atoms with E-state index in [-0.39, 0.29) is 30.9 Å². The molecule has 0 bridgehead atoms. The SMILES string of the molecule is CCOC(=O)c1cc(C)ccc1C(=O)OC(COC)COC. The molecule has 1 aromatic rings. The first-order chi connectivity index (χ1) is 10.5. The molecule has 1 aromatic carbocycles. The Balaban J connectivity index is 2.98. The van der Waals surface area contributed by atoms with E-state index in [9.17, 15) is 9.59 Å². The first-order valence-electron chi connectivity index (χ1n) is 7.00. The summed E-state index contributed by atoms with van der Waals surface area (Å²) in [6.07, 6.45) is -0.543. The Labute approximate surface area is 130 Å². The number of benzene rings is 1. The molecule has 0 saturated carbocycles. The number of methoxy groups -OCH3 is 2. The Morgan fingerprint density at radius 1 is 1.05 bits per heavy atom. The topological polar surface area (TPSA) is 71.1 Å². The molecule has 0 heterocycles. The summed E-state index contributed by atoms with van der Waals surface area (Å²) >= 11 is 0. The van der Waals surface area contributed by atoms with Gasteiger partial charge >= 0.3 is 11.9 Å². The van der Waals surface area contributed by atoms with Gasteiger partial charge in [0, 0.05) is 14.2 Å². The van der Waals surface area contributed by atoms with E-state index in [0.29, 0.717) is 0 Å². The summed E-state index contributed by atoms with van der Waals surface area (Å²) in [5.74, 6) is -1.16. The van der Waals surface area contributed by atoms with Gasteiger partial charge < -0.3 is 18.9 Å². The van der Waals surface area contributed by atoms with Gasteiger partial charge in [-0.1, -0.05) is 11.6 Å². The molecule has 0 aromatic heterocycles. The number of rotatable bonds is 8. The molecule has 0 radical (unpaired) electrons. The monoisotopic (exact) mass is 310 g/mol. The van der Waals surface area contributed by atoms with Gasteiger partial charge in [-0.25, -0.2) is 9.59 Å². The standard InChI is InChI=1S/C16H22O6/c1-5-21-15(17)14-8-11(2)6-7-13(14)16(18)22-12(9-19-3)10-20-4/h6-8,12H,5,9-10H2,1-4H3. The molecule has 0 aliphatic rings. The Morgan fingerprint density at radius 3 is 2.23 bits per heavy atom. The summed E-state index contributed by atoms with van der Waals surface area (Å²) in [5, 5.41) is 0. The molecule has 22 heavy (non-hydrogen) atoms. The zero-order chi connectivity index (χ0) is 16.5. The maximum atomic E-state index is 12.3. The second-order valence-corrected chi connectivity index (χ2v) is 4.71. The van der Waals surface area contributed by atoms with Crippen LogP contribution in [0.25, 0.3) is 0 Å². The molecular formula is C16H22O6. The molecule has 0 amide bonds. The minimum atomic E-state index is -0.609. The Hall–Kier alpha value is -1.92. The number of ether oxygens (including phenoxy) is 4. The van der Waals surface area contributed by atoms with E-state index in [0.717, 1.165) is 5.56 Å². The molecule has 0 aliphatic carbocycles. The van der Waals surface area contributed by atoms with Crippen molar-refractivity contribution in [3.05, 3.63) is 34.9 Å². The average Bonchev–Trinajstić information content (AvgIpc) is 2.47. The van der Waals surface area contributed by atoms with Crippen LogP contribution in [0.15, 0.2) is 18.2 Å². The lowest BCUT2D eigenvalue weighted by atomic mass is 10.0. The van der Waals surface area contributed by atoms with Gasteiger partial charge in [0.2, 0.25) is 0 Å². The molecule has 0 aliphatic heterocycles. The number of carbonyl (C=O) groups is 2. The maximum absolute atomic E-state index is 12.3. The maximum Gasteiger partial charge on any atom is 0.339 e. The number of carbonyl (C=O) groups excluding carboxylic acids is 2. The van der Waals surface area contributed by atoms with Gasteiger partial charge in [0.15, 0.2) is 0 Å². The predicted molar refractivity (Wildman–Crippen MR) is 80.1 cm³/mol. The van der Waals surface area contributed by atoms with Crippen molar-refractivity contribution in [2.24, 2.45) is 0 Å². The van der Waals surface area contributed by atoms with Crippen LogP contribution in [0.3, 0.4) is 0 Å². The van der Waals surface area contributed by atoms with Crippen molar-refractivity contribution in [1.29, 1.82) is 0 Å². The van der Waals surface area contributed by atoms with Crippen LogP contribution in [0.4, 0.5) is 0 Å². The summed E-state index contributed by atoms with van der Waals surface area (Å²) < 4.78 is 20.3. The number of esters is 2. The summed E-state index contributed by atoms with van der Waals surface area (Å²) in [7, 11) is 3.01. The van der Waals surface area contributed by atoms with Crippen molar-refractivity contribution in [2.75, 3.05) is 34.0 Å². The first-order valence-corrected chi connectivity index (χ1v) is 7.00. The summed E-state index contributed by atoms with van der Waals surface area (Å²) in [4.78, 5) is 24.3. The lowest BCUT2D eigenvalue weighted by Crippen LogP contribution is -2.28. The Bertz CT molecular complexity index is 505. The lowest BCUT2D eigenvalue weighted by molar-refractivity contribution is -0.0225. The fraction of sp³-hybridized carbons (Fsp3) is 0.500. The molecule has 0 saturated heterocycles. The second-order valence-electron chi connectivity index (χ2n) is 4.71. The number of hydrogen-bond donors (Lipinski definition) is 0. The third kappa shape index (κ3) is 5.13. The van der Waals surface area contributed by atoms with E-state index in [1.807, 2.05) is 6.92 Å². The zero-order valence-corrected chi connectivity index (χ0v) is 13.4. The van der Waals surface area contributed by atoms with Gasteiger partial charge in [-0.05, 0) is 26.0 Å². The van der Waals surface area contributed by atoms with Crippen LogP contribution < -0.4 is 0 Å². The van der Waals surface area contributed by atoms with E-state index >= 15 is 0 Å². The molecular weight excluding hydrogens is 288 g/mol. The molecule has 0 N–H and O–H groups in total. The Morgan fingerprint density at radius 2 is 1.68 bits per heavy atom. The van der Waals surface area contributed by atoms with Gasteiger partial charge in [-0.3, -0.25) is 0 Å². The highest BCUT2D eigenvalue weighted by atomic mass is 16.6. The minimum absolute atomic E-state index is 0.168. The molecule has 6 nitrogen and oxygen atoms in total. The predicted octanol–water partition coefficient (Wildman–Crippen LogP) is 1.99. The average molecular weight is 310 g/mol. The van der Waals surface area contributed by atoms with Gasteiger partial charge in [0.1, 0.15) is 6.10 Å². The highest BCUT2D eigenvalue weighted by Crippen LogP contribution is 2.16. The normalized spacial score (nSPS) is 10.6. The van der Waals surface area contributed by atoms with E-state index in [1.165, 1.54) is 14.2 Å². The lowest BCUT2D eigenvalue weighted by Gasteiger charge is -2.17. The van der Waals surface area contributed by atoms with Crippen LogP contribution in [-0.4, -0.2) is 52.1 Å². The third-order valence-corrected chi connectivity index (χ3v) is 2.87. The van der Waals surface area contributed by atoms with E-state index < -0.39 is 18.0 Å². The molecule has 0 spiro atoms. The van der Waals surface area contributed by atoms with Crippen LogP contribution in [0, 0.1) is 6.92 Å². The van der Waals surface area contributed by atoms with Crippen LogP contribution >= 0.6 is 0 Å². The summed E-state index contributed by atoms with van der Waals surface area (Å²) in [5.41, 5.74) is 1.21. The fourth-order valence-electron chi connectivity index (χ4n) is 1.92. The third-order valence-electron chi connectivity index (χ3n) is 2.87. The van der Waals surface area contributed by atoms with E-state index in [1.54, 1.807) is 25.1 Å². The molecule has 122 valence electrons. The summed E-state index contributed by atoms with van der Waals surface area (Å²) in [6, 6.07) is 4.90. The molecule has 0 unspecified atom stereocenters. The highest BCUT2D eigenvalue weighted by Gasteiger charge is 2.22. The smallest absolute Gasteiger partial charge is 0.339 e. The van der Waals surface area contributed by atoms with Gasteiger partial charge in [0.05, 0.1) is 30.9 Å².